The number of ether oxygens (including phenoxy) is 1. The first-order chi connectivity index (χ1) is 9.09. The van der Waals surface area contributed by atoms with Crippen molar-refractivity contribution in [2.24, 2.45) is 0 Å². The number of hydrogen-bond acceptors (Lipinski definition) is 3. The van der Waals surface area contributed by atoms with Crippen LogP contribution in [0, 0.1) is 0 Å². The summed E-state index contributed by atoms with van der Waals surface area (Å²) in [7, 11) is -1.14. The molecule has 110 valence electrons. The van der Waals surface area contributed by atoms with Crippen molar-refractivity contribution in [1.29, 1.82) is 0 Å². The summed E-state index contributed by atoms with van der Waals surface area (Å²) in [5.74, 6) is -0.0515. The van der Waals surface area contributed by atoms with Crippen LogP contribution in [0.1, 0.15) is 52.4 Å². The molecule has 0 aromatic rings. The van der Waals surface area contributed by atoms with Crippen molar-refractivity contribution >= 4 is 16.7 Å². The van der Waals surface area contributed by atoms with E-state index in [-0.39, 0.29) is 23.3 Å². The molecule has 4 atom stereocenters. The molecule has 1 saturated heterocycles. The fraction of sp³-hybridized carbons (Fsp3) is 0.929. The maximum atomic E-state index is 12.4. The molecule has 4 nitrogen and oxygen atoms in total. The predicted molar refractivity (Wildman–Crippen MR) is 76.4 cm³/mol. The summed E-state index contributed by atoms with van der Waals surface area (Å²) in [6.07, 6.45) is 6.58. The fourth-order valence-electron chi connectivity index (χ4n) is 2.95. The van der Waals surface area contributed by atoms with E-state index in [1.54, 1.807) is 6.92 Å². The molecule has 1 aliphatic heterocycles. The van der Waals surface area contributed by atoms with Crippen LogP contribution in [0.4, 0.5) is 0 Å². The van der Waals surface area contributed by atoms with E-state index in [0.717, 1.165) is 19.3 Å². The Morgan fingerprint density at radius 3 is 2.53 bits per heavy atom. The van der Waals surface area contributed by atoms with Gasteiger partial charge in [-0.2, -0.15) is 0 Å². The van der Waals surface area contributed by atoms with Crippen molar-refractivity contribution in [3.63, 3.8) is 0 Å². The van der Waals surface area contributed by atoms with Gasteiger partial charge in [-0.1, -0.05) is 19.3 Å². The van der Waals surface area contributed by atoms with E-state index in [4.69, 9.17) is 4.74 Å². The van der Waals surface area contributed by atoms with Crippen LogP contribution in [-0.2, 0) is 20.3 Å². The van der Waals surface area contributed by atoms with E-state index in [0.29, 0.717) is 6.61 Å². The summed E-state index contributed by atoms with van der Waals surface area (Å²) in [4.78, 5) is 12.2. The SMILES string of the molecule is CC1OCCC1S(=O)C(C)C(=O)NC1CCCCC1. The molecule has 2 fully saturated rings. The highest BCUT2D eigenvalue weighted by Crippen LogP contribution is 2.22. The third-order valence-electron chi connectivity index (χ3n) is 4.27. The lowest BCUT2D eigenvalue weighted by atomic mass is 9.95. The molecule has 0 bridgehead atoms. The van der Waals surface area contributed by atoms with Gasteiger partial charge in [0.2, 0.25) is 5.91 Å². The van der Waals surface area contributed by atoms with E-state index >= 15 is 0 Å². The molecule has 0 radical (unpaired) electrons. The van der Waals surface area contributed by atoms with Crippen molar-refractivity contribution in [2.75, 3.05) is 6.61 Å². The van der Waals surface area contributed by atoms with E-state index < -0.39 is 16.0 Å². The number of carbonyl (C=O) groups excluding carboxylic acids is 1. The topological polar surface area (TPSA) is 55.4 Å². The monoisotopic (exact) mass is 287 g/mol. The number of hydrogen-bond donors (Lipinski definition) is 1. The minimum absolute atomic E-state index is 0.00534. The molecular formula is C14H25NO3S. The quantitative estimate of drug-likeness (QED) is 0.857. The van der Waals surface area contributed by atoms with E-state index in [9.17, 15) is 9.00 Å². The van der Waals surface area contributed by atoms with Gasteiger partial charge in [-0.25, -0.2) is 0 Å². The van der Waals surface area contributed by atoms with Gasteiger partial charge in [0.25, 0.3) is 0 Å². The van der Waals surface area contributed by atoms with E-state index in [2.05, 4.69) is 5.32 Å². The molecule has 1 saturated carbocycles. The fourth-order valence-corrected chi connectivity index (χ4v) is 4.54. The highest BCUT2D eigenvalue weighted by molar-refractivity contribution is 7.87. The standard InChI is InChI=1S/C14H25NO3S/c1-10-13(8-9-18-10)19(17)11(2)14(16)15-12-6-4-3-5-7-12/h10-13H,3-9H2,1-2H3,(H,15,16). The molecule has 2 aliphatic rings. The molecule has 0 aromatic heterocycles. The molecule has 1 N–H and O–H groups in total. The minimum atomic E-state index is -1.14. The first-order valence-corrected chi connectivity index (χ1v) is 8.68. The first kappa shape index (κ1) is 15.0. The van der Waals surface area contributed by atoms with Crippen molar-refractivity contribution < 1.29 is 13.7 Å². The van der Waals surface area contributed by atoms with Gasteiger partial charge in [0.15, 0.2) is 0 Å². The van der Waals surface area contributed by atoms with Crippen LogP contribution in [0.3, 0.4) is 0 Å². The highest BCUT2D eigenvalue weighted by Gasteiger charge is 2.35. The van der Waals surface area contributed by atoms with Crippen LogP contribution < -0.4 is 5.32 Å². The smallest absolute Gasteiger partial charge is 0.235 e. The Morgan fingerprint density at radius 1 is 1.26 bits per heavy atom. The van der Waals surface area contributed by atoms with Gasteiger partial charge in [0.05, 0.1) is 11.4 Å². The summed E-state index contributed by atoms with van der Waals surface area (Å²) in [6.45, 7) is 4.38. The average molecular weight is 287 g/mol. The maximum Gasteiger partial charge on any atom is 0.235 e. The summed E-state index contributed by atoms with van der Waals surface area (Å²) in [5.41, 5.74) is 0. The lowest BCUT2D eigenvalue weighted by molar-refractivity contribution is -0.121. The number of rotatable bonds is 4. The Morgan fingerprint density at radius 2 is 1.95 bits per heavy atom. The molecule has 1 heterocycles. The lowest BCUT2D eigenvalue weighted by Gasteiger charge is -2.25. The third kappa shape index (κ3) is 3.78. The second-order valence-corrected chi connectivity index (χ2v) is 7.69. The van der Waals surface area contributed by atoms with Gasteiger partial charge in [-0.3, -0.25) is 9.00 Å². The summed E-state index contributed by atoms with van der Waals surface area (Å²) in [6, 6.07) is 0.290. The Bertz CT molecular complexity index is 342. The summed E-state index contributed by atoms with van der Waals surface area (Å²) >= 11 is 0. The lowest BCUT2D eigenvalue weighted by Crippen LogP contribution is -2.45. The van der Waals surface area contributed by atoms with Crippen molar-refractivity contribution in [1.82, 2.24) is 5.32 Å². The minimum Gasteiger partial charge on any atom is -0.377 e. The number of amides is 1. The van der Waals surface area contributed by atoms with Crippen LogP contribution in [0.15, 0.2) is 0 Å². The molecular weight excluding hydrogens is 262 g/mol. The molecule has 1 amide bonds. The molecule has 0 aromatic carbocycles. The van der Waals surface area contributed by atoms with Gasteiger partial charge in [0.1, 0.15) is 5.25 Å². The van der Waals surface area contributed by atoms with Crippen LogP contribution in [0.5, 0.6) is 0 Å². The van der Waals surface area contributed by atoms with Gasteiger partial charge in [-0.15, -0.1) is 0 Å². The maximum absolute atomic E-state index is 12.4. The van der Waals surface area contributed by atoms with Gasteiger partial charge < -0.3 is 10.1 Å². The van der Waals surface area contributed by atoms with E-state index in [1.807, 2.05) is 6.92 Å². The van der Waals surface area contributed by atoms with Gasteiger partial charge >= 0.3 is 0 Å². The van der Waals surface area contributed by atoms with Crippen molar-refractivity contribution in [2.45, 2.75) is 75.0 Å². The second-order valence-electron chi connectivity index (χ2n) is 5.72. The number of carbonyl (C=O) groups is 1. The largest absolute Gasteiger partial charge is 0.377 e. The van der Waals surface area contributed by atoms with Crippen molar-refractivity contribution in [3.8, 4) is 0 Å². The zero-order valence-electron chi connectivity index (χ0n) is 11.9. The highest BCUT2D eigenvalue weighted by atomic mass is 32.2. The average Bonchev–Trinajstić information content (AvgIpc) is 2.84. The first-order valence-electron chi connectivity index (χ1n) is 7.41. The van der Waals surface area contributed by atoms with Crippen LogP contribution >= 0.6 is 0 Å². The zero-order chi connectivity index (χ0) is 13.8. The Hall–Kier alpha value is -0.420. The summed E-state index contributed by atoms with van der Waals surface area (Å²) < 4.78 is 17.9. The van der Waals surface area contributed by atoms with Crippen LogP contribution in [0.25, 0.3) is 0 Å². The predicted octanol–water partition coefficient (Wildman–Crippen LogP) is 1.75. The third-order valence-corrected chi connectivity index (χ3v) is 6.40. The zero-order valence-corrected chi connectivity index (χ0v) is 12.7. The van der Waals surface area contributed by atoms with Gasteiger partial charge in [0, 0.05) is 23.4 Å². The van der Waals surface area contributed by atoms with Crippen LogP contribution in [0.2, 0.25) is 0 Å². The normalized spacial score (nSPS) is 31.9. The molecule has 19 heavy (non-hydrogen) atoms. The molecule has 5 heteroatoms. The van der Waals surface area contributed by atoms with E-state index in [1.165, 1.54) is 19.3 Å². The Balaban J connectivity index is 1.85. The Labute approximate surface area is 118 Å². The van der Waals surface area contributed by atoms with Crippen LogP contribution in [-0.4, -0.2) is 39.4 Å². The summed E-state index contributed by atoms with van der Waals surface area (Å²) in [5, 5.41) is 2.64. The van der Waals surface area contributed by atoms with Gasteiger partial charge in [-0.05, 0) is 33.1 Å². The Kier molecular flexibility index (Phi) is 5.39. The number of nitrogens with one attached hydrogen (secondary N) is 1. The van der Waals surface area contributed by atoms with Crippen molar-refractivity contribution in [3.05, 3.63) is 0 Å². The molecule has 1 aliphatic carbocycles. The second kappa shape index (κ2) is 6.84. The molecule has 4 unspecified atom stereocenters. The molecule has 2 rings (SSSR count). The molecule has 0 spiro atoms.